The van der Waals surface area contributed by atoms with Gasteiger partial charge in [-0.25, -0.2) is 9.97 Å². The second kappa shape index (κ2) is 6.18. The lowest BCUT2D eigenvalue weighted by Crippen LogP contribution is -2.22. The molecule has 0 radical (unpaired) electrons. The third-order valence-electron chi connectivity index (χ3n) is 2.46. The highest BCUT2D eigenvalue weighted by Gasteiger charge is 2.23. The summed E-state index contributed by atoms with van der Waals surface area (Å²) in [7, 11) is 0. The third-order valence-corrected chi connectivity index (χ3v) is 3.91. The summed E-state index contributed by atoms with van der Waals surface area (Å²) >= 11 is 1.30. The first-order valence-corrected chi connectivity index (χ1v) is 6.94. The normalized spacial score (nSPS) is 13.1. The predicted octanol–water partition coefficient (Wildman–Crippen LogP) is 3.11. The van der Waals surface area contributed by atoms with Gasteiger partial charge in [0, 0.05) is 11.6 Å². The number of thioether (sulfide) groups is 1. The largest absolute Gasteiger partial charge is 0.480 e. The SMILES string of the molecule is Cc1cc(SC(C(=O)O)C(C)C)nc(C(C)C)n1. The zero-order valence-electron chi connectivity index (χ0n) is 11.5. The summed E-state index contributed by atoms with van der Waals surface area (Å²) in [5, 5.41) is 9.46. The summed E-state index contributed by atoms with van der Waals surface area (Å²) in [6, 6.07) is 1.84. The van der Waals surface area contributed by atoms with Crippen molar-refractivity contribution in [3.8, 4) is 0 Å². The number of hydrogen-bond donors (Lipinski definition) is 1. The molecular formula is C13H20N2O2S. The van der Waals surface area contributed by atoms with Gasteiger partial charge in [0.2, 0.25) is 0 Å². The molecule has 1 aromatic rings. The third kappa shape index (κ3) is 3.98. The molecule has 4 nitrogen and oxygen atoms in total. The van der Waals surface area contributed by atoms with Crippen LogP contribution in [0.1, 0.15) is 45.1 Å². The van der Waals surface area contributed by atoms with E-state index >= 15 is 0 Å². The average molecular weight is 268 g/mol. The lowest BCUT2D eigenvalue weighted by atomic mass is 10.1. The number of rotatable bonds is 5. The van der Waals surface area contributed by atoms with Gasteiger partial charge in [0.25, 0.3) is 0 Å². The summed E-state index contributed by atoms with van der Waals surface area (Å²) in [6.45, 7) is 9.77. The van der Waals surface area contributed by atoms with E-state index in [1.165, 1.54) is 11.8 Å². The van der Waals surface area contributed by atoms with Gasteiger partial charge in [-0.05, 0) is 18.9 Å². The maximum atomic E-state index is 11.2. The Balaban J connectivity index is 2.99. The molecule has 0 saturated carbocycles. The second-order valence-electron chi connectivity index (χ2n) is 4.98. The van der Waals surface area contributed by atoms with E-state index in [9.17, 15) is 9.90 Å². The van der Waals surface area contributed by atoms with E-state index in [-0.39, 0.29) is 11.8 Å². The van der Waals surface area contributed by atoms with E-state index in [4.69, 9.17) is 0 Å². The Hall–Kier alpha value is -1.10. The first-order chi connectivity index (χ1) is 8.31. The van der Waals surface area contributed by atoms with Gasteiger partial charge in [-0.3, -0.25) is 4.79 Å². The summed E-state index contributed by atoms with van der Waals surface area (Å²) in [4.78, 5) is 20.0. The van der Waals surface area contributed by atoms with Crippen LogP contribution in [0.3, 0.4) is 0 Å². The lowest BCUT2D eigenvalue weighted by Gasteiger charge is -2.16. The number of carbonyl (C=O) groups is 1. The van der Waals surface area contributed by atoms with Crippen LogP contribution in [0.4, 0.5) is 0 Å². The fraction of sp³-hybridized carbons (Fsp3) is 0.615. The van der Waals surface area contributed by atoms with E-state index in [0.29, 0.717) is 0 Å². The molecule has 0 aliphatic heterocycles. The monoisotopic (exact) mass is 268 g/mol. The Morgan fingerprint density at radius 1 is 1.28 bits per heavy atom. The predicted molar refractivity (Wildman–Crippen MR) is 73.0 cm³/mol. The number of hydrogen-bond acceptors (Lipinski definition) is 4. The summed E-state index contributed by atoms with van der Waals surface area (Å²) in [6.07, 6.45) is 0. The number of carboxylic acids is 1. The maximum absolute atomic E-state index is 11.2. The second-order valence-corrected chi connectivity index (χ2v) is 6.14. The Labute approximate surface area is 112 Å². The molecule has 1 aromatic heterocycles. The van der Waals surface area contributed by atoms with E-state index in [1.54, 1.807) is 0 Å². The smallest absolute Gasteiger partial charge is 0.317 e. The van der Waals surface area contributed by atoms with Crippen LogP contribution in [0.15, 0.2) is 11.1 Å². The number of aromatic nitrogens is 2. The molecule has 0 fully saturated rings. The van der Waals surface area contributed by atoms with Crippen molar-refractivity contribution in [2.75, 3.05) is 0 Å². The molecule has 1 atom stereocenters. The number of carboxylic acid groups (broad SMARTS) is 1. The van der Waals surface area contributed by atoms with Crippen LogP contribution < -0.4 is 0 Å². The molecule has 18 heavy (non-hydrogen) atoms. The van der Waals surface area contributed by atoms with Crippen LogP contribution in [-0.4, -0.2) is 26.3 Å². The van der Waals surface area contributed by atoms with Gasteiger partial charge in [0.15, 0.2) is 0 Å². The van der Waals surface area contributed by atoms with Gasteiger partial charge in [0.1, 0.15) is 16.1 Å². The summed E-state index contributed by atoms with van der Waals surface area (Å²) in [5.74, 6) is 0.277. The fourth-order valence-electron chi connectivity index (χ4n) is 1.48. The van der Waals surface area contributed by atoms with Crippen LogP contribution >= 0.6 is 11.8 Å². The highest BCUT2D eigenvalue weighted by atomic mass is 32.2. The van der Waals surface area contributed by atoms with Crippen molar-refractivity contribution in [1.29, 1.82) is 0 Å². The molecule has 1 unspecified atom stereocenters. The Bertz CT molecular complexity index is 433. The highest BCUT2D eigenvalue weighted by molar-refractivity contribution is 8.00. The molecule has 1 heterocycles. The summed E-state index contributed by atoms with van der Waals surface area (Å²) < 4.78 is 0. The molecule has 1 rings (SSSR count). The van der Waals surface area contributed by atoms with Gasteiger partial charge in [-0.15, -0.1) is 0 Å². The number of aliphatic carboxylic acids is 1. The first kappa shape index (κ1) is 15.0. The van der Waals surface area contributed by atoms with Crippen molar-refractivity contribution in [3.05, 3.63) is 17.6 Å². The quantitative estimate of drug-likeness (QED) is 0.656. The molecule has 100 valence electrons. The molecule has 0 bridgehead atoms. The minimum Gasteiger partial charge on any atom is -0.480 e. The standard InChI is InChI=1S/C13H20N2O2S/c1-7(2)11(13(16)17)18-10-6-9(5)14-12(15-10)8(3)4/h6-8,11H,1-5H3,(H,16,17). The minimum atomic E-state index is -0.794. The molecule has 0 aromatic carbocycles. The van der Waals surface area contributed by atoms with Gasteiger partial charge < -0.3 is 5.11 Å². The molecule has 0 aliphatic carbocycles. The number of aryl methyl sites for hydroxylation is 1. The Morgan fingerprint density at radius 2 is 1.89 bits per heavy atom. The number of nitrogens with zero attached hydrogens (tertiary/aromatic N) is 2. The zero-order chi connectivity index (χ0) is 13.9. The molecular weight excluding hydrogens is 248 g/mol. The van der Waals surface area contributed by atoms with Crippen LogP contribution in [0.5, 0.6) is 0 Å². The molecule has 1 N–H and O–H groups in total. The van der Waals surface area contributed by atoms with Crippen LogP contribution in [0, 0.1) is 12.8 Å². The van der Waals surface area contributed by atoms with Crippen molar-refractivity contribution < 1.29 is 9.90 Å². The van der Waals surface area contributed by atoms with Gasteiger partial charge in [0.05, 0.1) is 0 Å². The zero-order valence-corrected chi connectivity index (χ0v) is 12.3. The van der Waals surface area contributed by atoms with Crippen LogP contribution in [0.25, 0.3) is 0 Å². The fourth-order valence-corrected chi connectivity index (χ4v) is 2.50. The van der Waals surface area contributed by atoms with Crippen molar-refractivity contribution in [2.45, 2.75) is 50.8 Å². The van der Waals surface area contributed by atoms with E-state index < -0.39 is 11.2 Å². The van der Waals surface area contributed by atoms with Crippen LogP contribution in [-0.2, 0) is 4.79 Å². The van der Waals surface area contributed by atoms with Gasteiger partial charge >= 0.3 is 5.97 Å². The molecule has 0 saturated heterocycles. The first-order valence-electron chi connectivity index (χ1n) is 6.06. The molecule has 0 aliphatic rings. The van der Waals surface area contributed by atoms with Crippen molar-refractivity contribution >= 4 is 17.7 Å². The Kier molecular flexibility index (Phi) is 5.14. The van der Waals surface area contributed by atoms with Gasteiger partial charge in [-0.1, -0.05) is 39.5 Å². The van der Waals surface area contributed by atoms with Crippen LogP contribution in [0.2, 0.25) is 0 Å². The lowest BCUT2D eigenvalue weighted by molar-refractivity contribution is -0.137. The van der Waals surface area contributed by atoms with E-state index in [1.807, 2.05) is 40.7 Å². The topological polar surface area (TPSA) is 63.1 Å². The summed E-state index contributed by atoms with van der Waals surface area (Å²) in [5.41, 5.74) is 0.879. The van der Waals surface area contributed by atoms with E-state index in [0.717, 1.165) is 16.5 Å². The average Bonchev–Trinajstić information content (AvgIpc) is 2.24. The highest BCUT2D eigenvalue weighted by Crippen LogP contribution is 2.28. The molecule has 0 amide bonds. The van der Waals surface area contributed by atoms with Crippen molar-refractivity contribution in [1.82, 2.24) is 9.97 Å². The van der Waals surface area contributed by atoms with E-state index in [2.05, 4.69) is 9.97 Å². The van der Waals surface area contributed by atoms with Crippen molar-refractivity contribution in [3.63, 3.8) is 0 Å². The Morgan fingerprint density at radius 3 is 2.33 bits per heavy atom. The minimum absolute atomic E-state index is 0.0604. The van der Waals surface area contributed by atoms with Crippen molar-refractivity contribution in [2.24, 2.45) is 5.92 Å². The maximum Gasteiger partial charge on any atom is 0.317 e. The van der Waals surface area contributed by atoms with Gasteiger partial charge in [-0.2, -0.15) is 0 Å². The molecule has 0 spiro atoms. The molecule has 5 heteroatoms.